The van der Waals surface area contributed by atoms with Gasteiger partial charge in [0.2, 0.25) is 5.91 Å². The third kappa shape index (κ3) is 3.30. The van der Waals surface area contributed by atoms with Crippen LogP contribution in [0.3, 0.4) is 0 Å². The summed E-state index contributed by atoms with van der Waals surface area (Å²) >= 11 is 3.26. The molecule has 0 unspecified atom stereocenters. The van der Waals surface area contributed by atoms with Gasteiger partial charge in [-0.25, -0.2) is 4.98 Å². The van der Waals surface area contributed by atoms with Gasteiger partial charge in [0.15, 0.2) is 5.82 Å². The lowest BCUT2D eigenvalue weighted by atomic mass is 10.1. The van der Waals surface area contributed by atoms with Crippen molar-refractivity contribution in [2.45, 2.75) is 6.42 Å². The number of hydrogen-bond acceptors (Lipinski definition) is 3. The first-order valence-corrected chi connectivity index (χ1v) is 6.19. The number of amides is 1. The Bertz CT molecular complexity index is 557. The van der Waals surface area contributed by atoms with E-state index in [1.54, 1.807) is 12.3 Å². The number of nitrogens with one attached hydrogen (secondary N) is 1. The maximum Gasteiger partial charge on any atom is 0.230 e. The van der Waals surface area contributed by atoms with E-state index in [0.29, 0.717) is 17.9 Å². The van der Waals surface area contributed by atoms with Crippen LogP contribution in [-0.4, -0.2) is 10.9 Å². The Labute approximate surface area is 113 Å². The van der Waals surface area contributed by atoms with Gasteiger partial charge < -0.3 is 11.1 Å². The molecule has 1 heterocycles. The number of carbonyl (C=O) groups is 1. The highest BCUT2D eigenvalue weighted by atomic mass is 79.9. The number of halogens is 1. The first-order chi connectivity index (χ1) is 8.65. The zero-order chi connectivity index (χ0) is 13.0. The van der Waals surface area contributed by atoms with Gasteiger partial charge in [-0.3, -0.25) is 4.79 Å². The molecular weight excluding hydrogens is 294 g/mol. The molecule has 1 aromatic heterocycles. The Morgan fingerprint density at radius 1 is 1.33 bits per heavy atom. The molecule has 0 bridgehead atoms. The van der Waals surface area contributed by atoms with Crippen molar-refractivity contribution >= 4 is 33.3 Å². The van der Waals surface area contributed by atoms with Crippen LogP contribution in [-0.2, 0) is 11.2 Å². The van der Waals surface area contributed by atoms with Crippen LogP contribution in [0.25, 0.3) is 0 Å². The van der Waals surface area contributed by atoms with Gasteiger partial charge in [0, 0.05) is 10.7 Å². The molecule has 0 spiro atoms. The first kappa shape index (κ1) is 12.6. The van der Waals surface area contributed by atoms with E-state index in [9.17, 15) is 4.79 Å². The van der Waals surface area contributed by atoms with E-state index < -0.39 is 0 Å². The molecule has 0 fully saturated rings. The van der Waals surface area contributed by atoms with Gasteiger partial charge in [0.25, 0.3) is 0 Å². The van der Waals surface area contributed by atoms with Crippen LogP contribution in [0.2, 0.25) is 0 Å². The molecule has 3 N–H and O–H groups in total. The van der Waals surface area contributed by atoms with Crippen LogP contribution in [0.15, 0.2) is 47.1 Å². The zero-order valence-corrected chi connectivity index (χ0v) is 11.1. The Morgan fingerprint density at radius 3 is 2.72 bits per heavy atom. The first-order valence-electron chi connectivity index (χ1n) is 5.40. The van der Waals surface area contributed by atoms with E-state index in [0.717, 1.165) is 10.0 Å². The monoisotopic (exact) mass is 305 g/mol. The lowest BCUT2D eigenvalue weighted by molar-refractivity contribution is -0.115. The second-order valence-electron chi connectivity index (χ2n) is 3.80. The summed E-state index contributed by atoms with van der Waals surface area (Å²) in [6.07, 6.45) is 1.90. The van der Waals surface area contributed by atoms with E-state index >= 15 is 0 Å². The average molecular weight is 306 g/mol. The average Bonchev–Trinajstić information content (AvgIpc) is 2.34. The van der Waals surface area contributed by atoms with Crippen molar-refractivity contribution in [2.24, 2.45) is 0 Å². The minimum atomic E-state index is -0.136. The fourth-order valence-electron chi connectivity index (χ4n) is 1.52. The number of pyridine rings is 1. The fraction of sp³-hybridized carbons (Fsp3) is 0.0769. The Kier molecular flexibility index (Phi) is 3.94. The molecule has 0 aliphatic rings. The predicted octanol–water partition coefficient (Wildman–Crippen LogP) is 2.61. The number of carbonyl (C=O) groups excluding carboxylic acids is 1. The number of aromatic nitrogens is 1. The van der Waals surface area contributed by atoms with Gasteiger partial charge in [0.05, 0.1) is 12.1 Å². The third-order valence-electron chi connectivity index (χ3n) is 2.35. The highest BCUT2D eigenvalue weighted by Crippen LogP contribution is 2.19. The topological polar surface area (TPSA) is 68.0 Å². The van der Waals surface area contributed by atoms with Crippen LogP contribution in [0.5, 0.6) is 0 Å². The number of rotatable bonds is 3. The van der Waals surface area contributed by atoms with Gasteiger partial charge in [0.1, 0.15) is 0 Å². The number of anilines is 2. The molecule has 4 nitrogen and oxygen atoms in total. The maximum atomic E-state index is 11.8. The minimum Gasteiger partial charge on any atom is -0.396 e. The van der Waals surface area contributed by atoms with Gasteiger partial charge in [-0.2, -0.15) is 0 Å². The molecule has 18 heavy (non-hydrogen) atoms. The van der Waals surface area contributed by atoms with Crippen LogP contribution in [0.1, 0.15) is 5.56 Å². The molecule has 1 amide bonds. The molecule has 0 atom stereocenters. The van der Waals surface area contributed by atoms with Crippen LogP contribution >= 0.6 is 15.9 Å². The Hall–Kier alpha value is -1.88. The summed E-state index contributed by atoms with van der Waals surface area (Å²) in [5.41, 5.74) is 7.14. The van der Waals surface area contributed by atoms with Crippen LogP contribution < -0.4 is 11.1 Å². The molecule has 0 aliphatic heterocycles. The Balaban J connectivity index is 2.03. The lowest BCUT2D eigenvalue weighted by Gasteiger charge is -2.07. The summed E-state index contributed by atoms with van der Waals surface area (Å²) in [5.74, 6) is 0.252. The van der Waals surface area contributed by atoms with Gasteiger partial charge in [-0.05, 0) is 27.6 Å². The van der Waals surface area contributed by atoms with Crippen molar-refractivity contribution in [2.75, 3.05) is 11.1 Å². The lowest BCUT2D eigenvalue weighted by Crippen LogP contribution is -2.16. The SMILES string of the molecule is Nc1cc(Br)cnc1NC(=O)Cc1ccccc1. The molecule has 1 aromatic carbocycles. The maximum absolute atomic E-state index is 11.8. The van der Waals surface area contributed by atoms with E-state index in [-0.39, 0.29) is 5.91 Å². The van der Waals surface area contributed by atoms with Crippen molar-refractivity contribution in [1.82, 2.24) is 4.98 Å². The molecule has 0 saturated heterocycles. The molecule has 0 aliphatic carbocycles. The van der Waals surface area contributed by atoms with Crippen LogP contribution in [0.4, 0.5) is 11.5 Å². The number of nitrogens with zero attached hydrogens (tertiary/aromatic N) is 1. The fourth-order valence-corrected chi connectivity index (χ4v) is 1.87. The van der Waals surface area contributed by atoms with E-state index in [4.69, 9.17) is 5.73 Å². The summed E-state index contributed by atoms with van der Waals surface area (Å²) < 4.78 is 0.779. The highest BCUT2D eigenvalue weighted by molar-refractivity contribution is 9.10. The van der Waals surface area contributed by atoms with Gasteiger partial charge >= 0.3 is 0 Å². The molecule has 2 aromatic rings. The van der Waals surface area contributed by atoms with Crippen molar-refractivity contribution in [3.8, 4) is 0 Å². The molecule has 0 saturated carbocycles. The van der Waals surface area contributed by atoms with Gasteiger partial charge in [-0.1, -0.05) is 30.3 Å². The largest absolute Gasteiger partial charge is 0.396 e. The van der Waals surface area contributed by atoms with Crippen molar-refractivity contribution in [3.05, 3.63) is 52.6 Å². The van der Waals surface area contributed by atoms with E-state index in [1.165, 1.54) is 0 Å². The normalized spacial score (nSPS) is 10.1. The number of benzene rings is 1. The smallest absolute Gasteiger partial charge is 0.230 e. The summed E-state index contributed by atoms with van der Waals surface area (Å²) in [7, 11) is 0. The van der Waals surface area contributed by atoms with Crippen molar-refractivity contribution in [3.63, 3.8) is 0 Å². The van der Waals surface area contributed by atoms with Crippen molar-refractivity contribution in [1.29, 1.82) is 0 Å². The van der Waals surface area contributed by atoms with E-state index in [1.807, 2.05) is 30.3 Å². The summed E-state index contributed by atoms with van der Waals surface area (Å²) in [6, 6.07) is 11.2. The summed E-state index contributed by atoms with van der Waals surface area (Å²) in [5, 5.41) is 2.69. The Morgan fingerprint density at radius 2 is 2.06 bits per heavy atom. The molecular formula is C13H12BrN3O. The molecule has 5 heteroatoms. The number of hydrogen-bond donors (Lipinski definition) is 2. The predicted molar refractivity (Wildman–Crippen MR) is 75.1 cm³/mol. The van der Waals surface area contributed by atoms with Gasteiger partial charge in [-0.15, -0.1) is 0 Å². The third-order valence-corrected chi connectivity index (χ3v) is 2.78. The quantitative estimate of drug-likeness (QED) is 0.916. The molecule has 2 rings (SSSR count). The van der Waals surface area contributed by atoms with E-state index in [2.05, 4.69) is 26.2 Å². The summed E-state index contributed by atoms with van der Waals surface area (Å²) in [6.45, 7) is 0. The molecule has 92 valence electrons. The standard InChI is InChI=1S/C13H12BrN3O/c14-10-7-11(15)13(16-8-10)17-12(18)6-9-4-2-1-3-5-9/h1-5,7-8H,6,15H2,(H,16,17,18). The van der Waals surface area contributed by atoms with Crippen LogP contribution in [0, 0.1) is 0 Å². The van der Waals surface area contributed by atoms with Crippen molar-refractivity contribution < 1.29 is 4.79 Å². The second kappa shape index (κ2) is 5.64. The molecule has 0 radical (unpaired) electrons. The summed E-state index contributed by atoms with van der Waals surface area (Å²) in [4.78, 5) is 15.9. The zero-order valence-electron chi connectivity index (χ0n) is 9.56. The second-order valence-corrected chi connectivity index (χ2v) is 4.72. The number of nitrogen functional groups attached to an aromatic ring is 1. The minimum absolute atomic E-state index is 0.136. The highest BCUT2D eigenvalue weighted by Gasteiger charge is 2.07. The number of nitrogens with two attached hydrogens (primary N) is 1.